The monoisotopic (exact) mass is 305 g/mol. The zero-order valence-corrected chi connectivity index (χ0v) is 12.8. The third-order valence-electron chi connectivity index (χ3n) is 2.75. The lowest BCUT2D eigenvalue weighted by Crippen LogP contribution is -2.25. The Morgan fingerprint density at radius 1 is 1.20 bits per heavy atom. The maximum absolute atomic E-state index is 11.9. The minimum atomic E-state index is -0.0228. The third kappa shape index (κ3) is 4.58. The predicted octanol–water partition coefficient (Wildman–Crippen LogP) is 4.17. The molecule has 1 N–H and O–H groups in total. The van der Waals surface area contributed by atoms with Crippen molar-refractivity contribution < 1.29 is 4.79 Å². The zero-order chi connectivity index (χ0) is 14.4. The number of halogens is 1. The minimum absolute atomic E-state index is 0.0228. The van der Waals surface area contributed by atoms with Crippen LogP contribution in [0.2, 0.25) is 5.02 Å². The number of hydrogen-bond donors (Lipinski definition) is 1. The quantitative estimate of drug-likeness (QED) is 0.663. The second kappa shape index (κ2) is 7.36. The Morgan fingerprint density at radius 2 is 1.95 bits per heavy atom. The number of benzene rings is 2. The van der Waals surface area contributed by atoms with Gasteiger partial charge in [0.2, 0.25) is 0 Å². The van der Waals surface area contributed by atoms with Crippen LogP contribution in [0.1, 0.15) is 15.9 Å². The molecule has 0 aromatic heterocycles. The van der Waals surface area contributed by atoms with E-state index in [2.05, 4.69) is 5.32 Å². The van der Waals surface area contributed by atoms with Crippen LogP contribution in [0.5, 0.6) is 0 Å². The summed E-state index contributed by atoms with van der Waals surface area (Å²) >= 11 is 7.52. The molecule has 0 aliphatic rings. The summed E-state index contributed by atoms with van der Waals surface area (Å²) in [6.45, 7) is 2.62. The first-order valence-corrected chi connectivity index (χ1v) is 7.75. The molecule has 104 valence electrons. The van der Waals surface area contributed by atoms with Crippen LogP contribution in [0.25, 0.3) is 0 Å². The van der Waals surface area contributed by atoms with Gasteiger partial charge in [0.25, 0.3) is 5.91 Å². The molecule has 2 aromatic rings. The summed E-state index contributed by atoms with van der Waals surface area (Å²) in [6, 6.07) is 15.3. The van der Waals surface area contributed by atoms with Crippen molar-refractivity contribution in [1.29, 1.82) is 0 Å². The van der Waals surface area contributed by atoms with E-state index in [1.54, 1.807) is 11.8 Å². The summed E-state index contributed by atoms with van der Waals surface area (Å²) < 4.78 is 0. The van der Waals surface area contributed by atoms with E-state index in [1.165, 1.54) is 0 Å². The minimum Gasteiger partial charge on any atom is -0.351 e. The molecule has 2 nitrogen and oxygen atoms in total. The number of aryl methyl sites for hydroxylation is 1. The summed E-state index contributed by atoms with van der Waals surface area (Å²) in [4.78, 5) is 13.1. The Hall–Kier alpha value is -1.45. The van der Waals surface area contributed by atoms with Gasteiger partial charge in [-0.25, -0.2) is 0 Å². The first-order valence-electron chi connectivity index (χ1n) is 6.38. The molecule has 0 saturated carbocycles. The van der Waals surface area contributed by atoms with E-state index in [1.807, 2.05) is 55.5 Å². The summed E-state index contributed by atoms with van der Waals surface area (Å²) in [5.74, 6) is 0.810. The highest BCUT2D eigenvalue weighted by molar-refractivity contribution is 7.99. The van der Waals surface area contributed by atoms with E-state index in [0.717, 1.165) is 21.2 Å². The topological polar surface area (TPSA) is 29.1 Å². The van der Waals surface area contributed by atoms with Crippen LogP contribution >= 0.6 is 23.4 Å². The maximum Gasteiger partial charge on any atom is 0.251 e. The van der Waals surface area contributed by atoms with Crippen molar-refractivity contribution in [3.05, 3.63) is 64.7 Å². The Labute approximate surface area is 128 Å². The van der Waals surface area contributed by atoms with Gasteiger partial charge in [0.05, 0.1) is 0 Å². The van der Waals surface area contributed by atoms with Gasteiger partial charge in [-0.3, -0.25) is 4.79 Å². The van der Waals surface area contributed by atoms with E-state index in [0.29, 0.717) is 12.1 Å². The van der Waals surface area contributed by atoms with Gasteiger partial charge in [-0.05, 0) is 43.3 Å². The lowest BCUT2D eigenvalue weighted by molar-refractivity contribution is 0.0956. The highest BCUT2D eigenvalue weighted by atomic mass is 35.5. The van der Waals surface area contributed by atoms with E-state index in [-0.39, 0.29) is 5.91 Å². The van der Waals surface area contributed by atoms with Crippen molar-refractivity contribution in [2.75, 3.05) is 12.3 Å². The Bertz CT molecular complexity index is 583. The summed E-state index contributed by atoms with van der Waals surface area (Å²) in [5, 5.41) is 3.66. The highest BCUT2D eigenvalue weighted by Gasteiger charge is 2.04. The van der Waals surface area contributed by atoms with Gasteiger partial charge in [-0.1, -0.05) is 29.3 Å². The van der Waals surface area contributed by atoms with Crippen LogP contribution in [-0.4, -0.2) is 18.2 Å². The zero-order valence-electron chi connectivity index (χ0n) is 11.2. The fourth-order valence-corrected chi connectivity index (χ4v) is 2.65. The van der Waals surface area contributed by atoms with Gasteiger partial charge < -0.3 is 5.32 Å². The fraction of sp³-hybridized carbons (Fsp3) is 0.188. The number of carbonyl (C=O) groups is 1. The van der Waals surface area contributed by atoms with Crippen LogP contribution in [0.15, 0.2) is 53.4 Å². The first kappa shape index (κ1) is 14.9. The van der Waals surface area contributed by atoms with Crippen molar-refractivity contribution in [1.82, 2.24) is 5.32 Å². The average Bonchev–Trinajstić information content (AvgIpc) is 2.45. The Morgan fingerprint density at radius 3 is 2.65 bits per heavy atom. The number of amides is 1. The molecular formula is C16H16ClNOS. The molecule has 4 heteroatoms. The van der Waals surface area contributed by atoms with Crippen LogP contribution in [0.3, 0.4) is 0 Å². The number of hydrogen-bond acceptors (Lipinski definition) is 2. The van der Waals surface area contributed by atoms with Gasteiger partial charge in [0.15, 0.2) is 0 Å². The number of thioether (sulfide) groups is 1. The molecule has 0 unspecified atom stereocenters. The molecule has 2 aromatic carbocycles. The molecule has 0 radical (unpaired) electrons. The van der Waals surface area contributed by atoms with Crippen LogP contribution in [0, 0.1) is 6.92 Å². The van der Waals surface area contributed by atoms with Gasteiger partial charge in [-0.15, -0.1) is 11.8 Å². The summed E-state index contributed by atoms with van der Waals surface area (Å²) in [6.07, 6.45) is 0. The van der Waals surface area contributed by atoms with E-state index >= 15 is 0 Å². The van der Waals surface area contributed by atoms with Crippen molar-refractivity contribution in [2.24, 2.45) is 0 Å². The number of carbonyl (C=O) groups excluding carboxylic acids is 1. The SMILES string of the molecule is Cc1cccc(C(=O)NCCSc2ccc(Cl)cc2)c1. The molecule has 1 amide bonds. The molecule has 0 fully saturated rings. The maximum atomic E-state index is 11.9. The molecular weight excluding hydrogens is 290 g/mol. The molecule has 0 aliphatic carbocycles. The molecule has 0 spiro atoms. The van der Waals surface area contributed by atoms with Gasteiger partial charge >= 0.3 is 0 Å². The normalized spacial score (nSPS) is 10.3. The summed E-state index contributed by atoms with van der Waals surface area (Å²) in [7, 11) is 0. The van der Waals surface area contributed by atoms with E-state index < -0.39 is 0 Å². The first-order chi connectivity index (χ1) is 9.65. The van der Waals surface area contributed by atoms with Crippen molar-refractivity contribution in [3.8, 4) is 0 Å². The van der Waals surface area contributed by atoms with Gasteiger partial charge in [-0.2, -0.15) is 0 Å². The molecule has 0 atom stereocenters. The molecule has 2 rings (SSSR count). The fourth-order valence-electron chi connectivity index (χ4n) is 1.75. The second-order valence-electron chi connectivity index (χ2n) is 4.43. The molecule has 20 heavy (non-hydrogen) atoms. The van der Waals surface area contributed by atoms with Crippen molar-refractivity contribution in [2.45, 2.75) is 11.8 Å². The van der Waals surface area contributed by atoms with Crippen LogP contribution in [0.4, 0.5) is 0 Å². The Kier molecular flexibility index (Phi) is 5.50. The van der Waals surface area contributed by atoms with Crippen molar-refractivity contribution >= 4 is 29.3 Å². The van der Waals surface area contributed by atoms with E-state index in [9.17, 15) is 4.79 Å². The van der Waals surface area contributed by atoms with Crippen molar-refractivity contribution in [3.63, 3.8) is 0 Å². The number of rotatable bonds is 5. The lowest BCUT2D eigenvalue weighted by atomic mass is 10.1. The molecule has 0 bridgehead atoms. The Balaban J connectivity index is 1.76. The van der Waals surface area contributed by atoms with Crippen LogP contribution in [-0.2, 0) is 0 Å². The van der Waals surface area contributed by atoms with E-state index in [4.69, 9.17) is 11.6 Å². The summed E-state index contributed by atoms with van der Waals surface area (Å²) in [5.41, 5.74) is 1.80. The predicted molar refractivity (Wildman–Crippen MR) is 85.7 cm³/mol. The van der Waals surface area contributed by atoms with Gasteiger partial charge in [0.1, 0.15) is 0 Å². The largest absolute Gasteiger partial charge is 0.351 e. The standard InChI is InChI=1S/C16H16ClNOS/c1-12-3-2-4-13(11-12)16(19)18-9-10-20-15-7-5-14(17)6-8-15/h2-8,11H,9-10H2,1H3,(H,18,19). The molecule has 0 heterocycles. The second-order valence-corrected chi connectivity index (χ2v) is 6.03. The smallest absolute Gasteiger partial charge is 0.251 e. The highest BCUT2D eigenvalue weighted by Crippen LogP contribution is 2.19. The van der Waals surface area contributed by atoms with Gasteiger partial charge in [0, 0.05) is 27.8 Å². The average molecular weight is 306 g/mol. The molecule has 0 aliphatic heterocycles. The molecule has 0 saturated heterocycles. The third-order valence-corrected chi connectivity index (χ3v) is 4.02. The lowest BCUT2D eigenvalue weighted by Gasteiger charge is -2.06. The number of nitrogens with one attached hydrogen (secondary N) is 1. The van der Waals surface area contributed by atoms with Crippen LogP contribution < -0.4 is 5.32 Å².